The Balaban J connectivity index is 2.31. The molecule has 0 saturated heterocycles. The molecule has 1 N–H and O–H groups in total. The number of rotatable bonds is 6. The molecule has 2 aromatic carbocycles. The van der Waals surface area contributed by atoms with E-state index >= 15 is 0 Å². The molecule has 112 valence electrons. The van der Waals surface area contributed by atoms with Crippen LogP contribution in [-0.4, -0.2) is 14.2 Å². The Kier molecular flexibility index (Phi) is 5.31. The third-order valence-corrected chi connectivity index (χ3v) is 3.32. The molecule has 4 heteroatoms. The summed E-state index contributed by atoms with van der Waals surface area (Å²) >= 11 is 0. The van der Waals surface area contributed by atoms with Gasteiger partial charge in [-0.3, -0.25) is 0 Å². The average Bonchev–Trinajstić information content (AvgIpc) is 2.47. The standard InChI is InChI=1S/C17H20FNO2/c1-12(19-2)17-15(18)8-5-9-16(17)21-14-7-4-6-13(10-14)11-20-3/h4-10,12,19H,11H2,1-3H3. The zero-order valence-electron chi connectivity index (χ0n) is 12.5. The monoisotopic (exact) mass is 289 g/mol. The summed E-state index contributed by atoms with van der Waals surface area (Å²) in [6, 6.07) is 12.3. The quantitative estimate of drug-likeness (QED) is 0.870. The van der Waals surface area contributed by atoms with Gasteiger partial charge in [-0.25, -0.2) is 4.39 Å². The number of nitrogens with one attached hydrogen (secondary N) is 1. The summed E-state index contributed by atoms with van der Waals surface area (Å²) in [5.41, 5.74) is 1.53. The Bertz CT molecular complexity index is 601. The molecule has 0 aliphatic carbocycles. The molecule has 3 nitrogen and oxygen atoms in total. The molecule has 2 rings (SSSR count). The lowest BCUT2D eigenvalue weighted by Crippen LogP contribution is -2.14. The highest BCUT2D eigenvalue weighted by molar-refractivity contribution is 5.41. The molecule has 1 atom stereocenters. The van der Waals surface area contributed by atoms with Gasteiger partial charge in [-0.2, -0.15) is 0 Å². The van der Waals surface area contributed by atoms with E-state index in [4.69, 9.17) is 9.47 Å². The number of hydrogen-bond donors (Lipinski definition) is 1. The lowest BCUT2D eigenvalue weighted by atomic mass is 10.1. The molecule has 0 fully saturated rings. The maximum atomic E-state index is 14.1. The molecule has 0 radical (unpaired) electrons. The summed E-state index contributed by atoms with van der Waals surface area (Å²) < 4.78 is 25.0. The predicted octanol–water partition coefficient (Wildman–Crippen LogP) is 4.04. The van der Waals surface area contributed by atoms with E-state index in [1.165, 1.54) is 6.07 Å². The van der Waals surface area contributed by atoms with Crippen LogP contribution in [0.15, 0.2) is 42.5 Å². The molecular formula is C17H20FNO2. The van der Waals surface area contributed by atoms with Gasteiger partial charge < -0.3 is 14.8 Å². The first kappa shape index (κ1) is 15.5. The van der Waals surface area contributed by atoms with Crippen LogP contribution in [0.3, 0.4) is 0 Å². The third kappa shape index (κ3) is 3.80. The van der Waals surface area contributed by atoms with Gasteiger partial charge in [-0.05, 0) is 43.8 Å². The van der Waals surface area contributed by atoms with Crippen LogP contribution in [0, 0.1) is 5.82 Å². The van der Waals surface area contributed by atoms with Gasteiger partial charge >= 0.3 is 0 Å². The third-order valence-electron chi connectivity index (χ3n) is 3.32. The molecule has 0 bridgehead atoms. The van der Waals surface area contributed by atoms with Gasteiger partial charge in [0.2, 0.25) is 0 Å². The molecule has 0 spiro atoms. The van der Waals surface area contributed by atoms with Crippen LogP contribution < -0.4 is 10.1 Å². The SMILES string of the molecule is CNC(C)c1c(F)cccc1Oc1cccc(COC)c1. The van der Waals surface area contributed by atoms with Crippen molar-refractivity contribution in [2.45, 2.75) is 19.6 Å². The first-order valence-electron chi connectivity index (χ1n) is 6.87. The van der Waals surface area contributed by atoms with E-state index in [1.54, 1.807) is 26.3 Å². The van der Waals surface area contributed by atoms with E-state index in [9.17, 15) is 4.39 Å². The summed E-state index contributed by atoms with van der Waals surface area (Å²) in [7, 11) is 3.44. The van der Waals surface area contributed by atoms with Crippen LogP contribution in [0.25, 0.3) is 0 Å². The van der Waals surface area contributed by atoms with E-state index in [2.05, 4.69) is 5.32 Å². The highest BCUT2D eigenvalue weighted by Crippen LogP contribution is 2.31. The van der Waals surface area contributed by atoms with Gasteiger partial charge in [-0.15, -0.1) is 0 Å². The largest absolute Gasteiger partial charge is 0.457 e. The molecule has 0 aliphatic rings. The van der Waals surface area contributed by atoms with Crippen LogP contribution in [0.4, 0.5) is 4.39 Å². The van der Waals surface area contributed by atoms with Crippen LogP contribution in [0.1, 0.15) is 24.1 Å². The van der Waals surface area contributed by atoms with E-state index < -0.39 is 0 Å². The van der Waals surface area contributed by atoms with Crippen molar-refractivity contribution in [3.63, 3.8) is 0 Å². The second-order valence-corrected chi connectivity index (χ2v) is 4.84. The molecule has 21 heavy (non-hydrogen) atoms. The molecule has 1 unspecified atom stereocenters. The Morgan fingerprint density at radius 3 is 2.67 bits per heavy atom. The summed E-state index contributed by atoms with van der Waals surface area (Å²) in [6.45, 7) is 2.41. The number of hydrogen-bond acceptors (Lipinski definition) is 3. The number of ether oxygens (including phenoxy) is 2. The van der Waals surface area contributed by atoms with Gasteiger partial charge in [0.05, 0.1) is 6.61 Å². The summed E-state index contributed by atoms with van der Waals surface area (Å²) in [6.07, 6.45) is 0. The molecule has 0 aliphatic heterocycles. The fourth-order valence-electron chi connectivity index (χ4n) is 2.16. The van der Waals surface area contributed by atoms with Gasteiger partial charge in [-0.1, -0.05) is 18.2 Å². The van der Waals surface area contributed by atoms with Crippen molar-refractivity contribution in [3.8, 4) is 11.5 Å². The van der Waals surface area contributed by atoms with Crippen molar-refractivity contribution in [2.75, 3.05) is 14.2 Å². The summed E-state index contributed by atoms with van der Waals surface area (Å²) in [5, 5.41) is 3.04. The van der Waals surface area contributed by atoms with Crippen molar-refractivity contribution in [2.24, 2.45) is 0 Å². The summed E-state index contributed by atoms with van der Waals surface area (Å²) in [5.74, 6) is 0.911. The Morgan fingerprint density at radius 2 is 1.95 bits per heavy atom. The van der Waals surface area contributed by atoms with Crippen LogP contribution >= 0.6 is 0 Å². The predicted molar refractivity (Wildman–Crippen MR) is 81.1 cm³/mol. The fourth-order valence-corrected chi connectivity index (χ4v) is 2.16. The highest BCUT2D eigenvalue weighted by atomic mass is 19.1. The Hall–Kier alpha value is -1.91. The topological polar surface area (TPSA) is 30.5 Å². The molecule has 0 amide bonds. The van der Waals surface area contributed by atoms with E-state index in [0.29, 0.717) is 23.7 Å². The van der Waals surface area contributed by atoms with E-state index in [1.807, 2.05) is 31.2 Å². The number of halogens is 1. The summed E-state index contributed by atoms with van der Waals surface area (Å²) in [4.78, 5) is 0. The van der Waals surface area contributed by atoms with E-state index in [-0.39, 0.29) is 11.9 Å². The zero-order valence-corrected chi connectivity index (χ0v) is 12.5. The molecule has 2 aromatic rings. The minimum absolute atomic E-state index is 0.136. The first-order valence-corrected chi connectivity index (χ1v) is 6.87. The molecule has 0 heterocycles. The number of benzene rings is 2. The fraction of sp³-hybridized carbons (Fsp3) is 0.294. The minimum Gasteiger partial charge on any atom is -0.457 e. The normalized spacial score (nSPS) is 12.2. The van der Waals surface area contributed by atoms with Crippen molar-refractivity contribution >= 4 is 0 Å². The molecular weight excluding hydrogens is 269 g/mol. The van der Waals surface area contributed by atoms with Crippen molar-refractivity contribution < 1.29 is 13.9 Å². The van der Waals surface area contributed by atoms with Gasteiger partial charge in [0.25, 0.3) is 0 Å². The second-order valence-electron chi connectivity index (χ2n) is 4.84. The first-order chi connectivity index (χ1) is 10.2. The smallest absolute Gasteiger partial charge is 0.135 e. The van der Waals surface area contributed by atoms with Crippen LogP contribution in [0.5, 0.6) is 11.5 Å². The maximum Gasteiger partial charge on any atom is 0.135 e. The zero-order chi connectivity index (χ0) is 15.2. The molecule has 0 aromatic heterocycles. The van der Waals surface area contributed by atoms with E-state index in [0.717, 1.165) is 5.56 Å². The van der Waals surface area contributed by atoms with Crippen molar-refractivity contribution in [1.29, 1.82) is 0 Å². The lowest BCUT2D eigenvalue weighted by Gasteiger charge is -2.17. The maximum absolute atomic E-state index is 14.1. The van der Waals surface area contributed by atoms with Gasteiger partial charge in [0.1, 0.15) is 17.3 Å². The minimum atomic E-state index is -0.276. The second kappa shape index (κ2) is 7.20. The highest BCUT2D eigenvalue weighted by Gasteiger charge is 2.16. The van der Waals surface area contributed by atoms with Crippen molar-refractivity contribution in [3.05, 3.63) is 59.4 Å². The van der Waals surface area contributed by atoms with Crippen LogP contribution in [0.2, 0.25) is 0 Å². The Morgan fingerprint density at radius 1 is 1.19 bits per heavy atom. The van der Waals surface area contributed by atoms with Gasteiger partial charge in [0.15, 0.2) is 0 Å². The Labute approximate surface area is 124 Å². The van der Waals surface area contributed by atoms with Gasteiger partial charge in [0, 0.05) is 18.7 Å². The number of methoxy groups -OCH3 is 1. The lowest BCUT2D eigenvalue weighted by molar-refractivity contribution is 0.184. The van der Waals surface area contributed by atoms with Crippen molar-refractivity contribution in [1.82, 2.24) is 5.32 Å². The van der Waals surface area contributed by atoms with Crippen LogP contribution in [-0.2, 0) is 11.3 Å². The average molecular weight is 289 g/mol. The molecule has 0 saturated carbocycles.